The fourth-order valence-corrected chi connectivity index (χ4v) is 4.83. The van der Waals surface area contributed by atoms with Gasteiger partial charge in [-0.25, -0.2) is 0 Å². The van der Waals surface area contributed by atoms with E-state index in [0.717, 1.165) is 25.7 Å². The maximum absolute atomic E-state index is 10.9. The summed E-state index contributed by atoms with van der Waals surface area (Å²) in [7, 11) is 0. The number of piperidine rings is 2. The van der Waals surface area contributed by atoms with Gasteiger partial charge in [-0.1, -0.05) is 45.8 Å². The topological polar surface area (TPSA) is 126 Å². The fourth-order valence-electron chi connectivity index (χ4n) is 4.83. The molecule has 2 fully saturated rings. The molecule has 9 nitrogen and oxygen atoms in total. The van der Waals surface area contributed by atoms with E-state index in [4.69, 9.17) is 11.5 Å². The number of carbonyl (C=O) groups is 3. The number of hydrogen-bond donors (Lipinski definition) is 3. The van der Waals surface area contributed by atoms with Crippen molar-refractivity contribution in [3.05, 3.63) is 54.4 Å². The Morgan fingerprint density at radius 3 is 1.81 bits per heavy atom. The first-order chi connectivity index (χ1) is 20.3. The van der Waals surface area contributed by atoms with Gasteiger partial charge in [-0.2, -0.15) is 4.57 Å². The van der Waals surface area contributed by atoms with E-state index < -0.39 is 5.91 Å². The number of imide groups is 1. The third kappa shape index (κ3) is 17.8. The van der Waals surface area contributed by atoms with Crippen LogP contribution in [-0.4, -0.2) is 66.8 Å². The van der Waals surface area contributed by atoms with Crippen molar-refractivity contribution in [2.75, 3.05) is 39.3 Å². The van der Waals surface area contributed by atoms with Crippen LogP contribution in [0.1, 0.15) is 108 Å². The number of pyridine rings is 1. The van der Waals surface area contributed by atoms with Crippen molar-refractivity contribution in [2.45, 2.75) is 97.6 Å². The first-order valence-electron chi connectivity index (χ1n) is 16.0. The number of allylic oxidation sites excluding steroid dienone is 2. The van der Waals surface area contributed by atoms with E-state index in [1.807, 2.05) is 24.6 Å². The van der Waals surface area contributed by atoms with Crippen molar-refractivity contribution >= 4 is 17.7 Å². The minimum Gasteiger partial charge on any atom is -0.365 e. The number of likely N-dealkylation sites (tertiary alicyclic amines) is 2. The summed E-state index contributed by atoms with van der Waals surface area (Å²) in [5.74, 6) is -1.16. The SMILES string of the molecule is C1CCN(CCCN2CCCCC2)CC1.CCC=CC(=O)NC(=O)C=CCC.CCCC(N)[n+]1cccc(C(N)=O)c1. The Kier molecular flexibility index (Phi) is 20.9. The number of nitrogens with one attached hydrogen (secondary N) is 1. The fraction of sp³-hybridized carbons (Fsp3) is 0.636. The molecule has 1 unspecified atom stereocenters. The molecule has 0 aliphatic carbocycles. The Bertz CT molecular complexity index is 911. The minimum atomic E-state index is -0.428. The zero-order valence-electron chi connectivity index (χ0n) is 26.4. The smallest absolute Gasteiger partial charge is 0.254 e. The number of nitrogens with zero attached hydrogens (tertiary/aromatic N) is 3. The summed E-state index contributed by atoms with van der Waals surface area (Å²) in [5, 5.41) is 2.20. The van der Waals surface area contributed by atoms with Gasteiger partial charge in [-0.3, -0.25) is 25.4 Å². The van der Waals surface area contributed by atoms with Gasteiger partial charge in [0.2, 0.25) is 18.0 Å². The van der Waals surface area contributed by atoms with Gasteiger partial charge in [-0.05, 0) is 109 Å². The maximum atomic E-state index is 10.9. The molecule has 2 aliphatic heterocycles. The van der Waals surface area contributed by atoms with Crippen LogP contribution in [0.5, 0.6) is 0 Å². The number of carbonyl (C=O) groups excluding carboxylic acids is 3. The molecular weight excluding hydrogens is 528 g/mol. The van der Waals surface area contributed by atoms with Crippen LogP contribution in [0.15, 0.2) is 48.8 Å². The summed E-state index contributed by atoms with van der Waals surface area (Å²) < 4.78 is 1.81. The molecule has 5 N–H and O–H groups in total. The second-order valence-electron chi connectivity index (χ2n) is 10.9. The molecule has 3 amide bonds. The lowest BCUT2D eigenvalue weighted by Crippen LogP contribution is -2.44. The Labute approximate surface area is 254 Å². The highest BCUT2D eigenvalue weighted by molar-refractivity contribution is 6.04. The van der Waals surface area contributed by atoms with Crippen molar-refractivity contribution in [3.63, 3.8) is 0 Å². The zero-order valence-corrected chi connectivity index (χ0v) is 26.4. The van der Waals surface area contributed by atoms with E-state index in [-0.39, 0.29) is 18.0 Å². The third-order valence-electron chi connectivity index (χ3n) is 7.18. The Morgan fingerprint density at radius 2 is 1.38 bits per heavy atom. The molecule has 9 heteroatoms. The van der Waals surface area contributed by atoms with Gasteiger partial charge in [0.25, 0.3) is 5.91 Å². The average Bonchev–Trinajstić information content (AvgIpc) is 3.01. The van der Waals surface area contributed by atoms with Crippen molar-refractivity contribution in [1.29, 1.82) is 0 Å². The molecule has 0 saturated carbocycles. The Morgan fingerprint density at radius 1 is 0.881 bits per heavy atom. The highest BCUT2D eigenvalue weighted by Gasteiger charge is 2.14. The molecule has 1 aromatic rings. The van der Waals surface area contributed by atoms with Crippen molar-refractivity contribution in [1.82, 2.24) is 15.1 Å². The lowest BCUT2D eigenvalue weighted by Gasteiger charge is -2.29. The normalized spacial score (nSPS) is 16.7. The van der Waals surface area contributed by atoms with Gasteiger partial charge in [0.15, 0.2) is 12.4 Å². The molecule has 0 spiro atoms. The van der Waals surface area contributed by atoms with Gasteiger partial charge in [0.1, 0.15) is 5.56 Å². The third-order valence-corrected chi connectivity index (χ3v) is 7.18. The van der Waals surface area contributed by atoms with Crippen molar-refractivity contribution in [2.24, 2.45) is 11.5 Å². The van der Waals surface area contributed by atoms with Crippen LogP contribution < -0.4 is 21.4 Å². The molecule has 0 aromatic carbocycles. The van der Waals surface area contributed by atoms with Gasteiger partial charge < -0.3 is 15.5 Å². The Hall–Kier alpha value is -2.88. The second-order valence-corrected chi connectivity index (χ2v) is 10.9. The van der Waals surface area contributed by atoms with E-state index in [0.29, 0.717) is 5.56 Å². The largest absolute Gasteiger partial charge is 0.365 e. The lowest BCUT2D eigenvalue weighted by molar-refractivity contribution is -0.723. The van der Waals surface area contributed by atoms with Crippen molar-refractivity contribution in [3.8, 4) is 0 Å². The van der Waals surface area contributed by atoms with Crippen LogP contribution in [0.4, 0.5) is 0 Å². The second kappa shape index (κ2) is 23.7. The molecule has 2 aliphatic rings. The lowest BCUT2D eigenvalue weighted by atomic mass is 10.1. The summed E-state index contributed by atoms with van der Waals surface area (Å²) in [5.41, 5.74) is 11.5. The number of rotatable bonds is 12. The maximum Gasteiger partial charge on any atom is 0.254 e. The van der Waals surface area contributed by atoms with Crippen LogP contribution in [0.2, 0.25) is 0 Å². The summed E-state index contributed by atoms with van der Waals surface area (Å²) in [6.45, 7) is 14.0. The van der Waals surface area contributed by atoms with Crippen molar-refractivity contribution < 1.29 is 19.0 Å². The highest BCUT2D eigenvalue weighted by Crippen LogP contribution is 2.11. The number of nitrogens with two attached hydrogens (primary N) is 2. The summed E-state index contributed by atoms with van der Waals surface area (Å²) in [6.07, 6.45) is 23.1. The predicted octanol–water partition coefficient (Wildman–Crippen LogP) is 4.24. The Balaban J connectivity index is 0.000000316. The van der Waals surface area contributed by atoms with E-state index in [1.165, 1.54) is 96.4 Å². The zero-order chi connectivity index (χ0) is 31.0. The van der Waals surface area contributed by atoms with Gasteiger partial charge in [-0.15, -0.1) is 0 Å². The predicted molar refractivity (Wildman–Crippen MR) is 170 cm³/mol. The number of primary amides is 1. The average molecular weight is 586 g/mol. The van der Waals surface area contributed by atoms with E-state index in [9.17, 15) is 14.4 Å². The number of amides is 3. The molecule has 0 bridgehead atoms. The first kappa shape index (κ1) is 37.1. The van der Waals surface area contributed by atoms with E-state index >= 15 is 0 Å². The van der Waals surface area contributed by atoms with Gasteiger partial charge in [0.05, 0.1) is 0 Å². The molecule has 42 heavy (non-hydrogen) atoms. The summed E-state index contributed by atoms with van der Waals surface area (Å²) in [6, 6.07) is 3.45. The van der Waals surface area contributed by atoms with Crippen LogP contribution in [0, 0.1) is 0 Å². The molecule has 236 valence electrons. The van der Waals surface area contributed by atoms with Crippen LogP contribution in [0.3, 0.4) is 0 Å². The molecule has 0 radical (unpaired) electrons. The molecule has 1 atom stereocenters. The monoisotopic (exact) mass is 585 g/mol. The molecule has 2 saturated heterocycles. The van der Waals surface area contributed by atoms with Crippen LogP contribution in [0.25, 0.3) is 0 Å². The van der Waals surface area contributed by atoms with Gasteiger partial charge in [0, 0.05) is 12.5 Å². The van der Waals surface area contributed by atoms with Gasteiger partial charge >= 0.3 is 0 Å². The summed E-state index contributed by atoms with van der Waals surface area (Å²) in [4.78, 5) is 38.1. The summed E-state index contributed by atoms with van der Waals surface area (Å²) >= 11 is 0. The molecular formula is C33H57N6O3+. The molecule has 3 heterocycles. The van der Waals surface area contributed by atoms with Crippen LogP contribution >= 0.6 is 0 Å². The quantitative estimate of drug-likeness (QED) is 0.249. The number of aromatic nitrogens is 1. The van der Waals surface area contributed by atoms with E-state index in [2.05, 4.69) is 22.0 Å². The number of hydrogen-bond acceptors (Lipinski definition) is 6. The standard InChI is InChI=1S/C13H26N2.C10H15N3O.C10H15NO2/c1-3-8-14(9-4-1)12-7-13-15-10-5-2-6-11-15;1-2-4-9(11)13-6-3-5-8(7-13)10(12)14;1-3-5-7-9(12)11-10(13)8-6-4-2/h1-13H2;3,5-7,9H,2,4,11H2,1H3,(H-,12,14);5-8H,3-4H2,1-2H3,(H,11,12,13)/p+1. The first-order valence-corrected chi connectivity index (χ1v) is 16.0. The van der Waals surface area contributed by atoms with Crippen LogP contribution in [-0.2, 0) is 9.59 Å². The highest BCUT2D eigenvalue weighted by atomic mass is 16.2. The minimum absolute atomic E-state index is 0.0840. The molecule has 3 rings (SSSR count). The molecule has 1 aromatic heterocycles. The van der Waals surface area contributed by atoms with E-state index in [1.54, 1.807) is 30.5 Å².